The van der Waals surface area contributed by atoms with E-state index >= 15 is 0 Å². The molecule has 7 atom stereocenters. The number of esters is 1. The third-order valence-corrected chi connectivity index (χ3v) is 15.2. The van der Waals surface area contributed by atoms with Gasteiger partial charge in [-0.25, -0.2) is 0 Å². The van der Waals surface area contributed by atoms with E-state index in [0.29, 0.717) is 19.4 Å². The molecule has 0 aromatic rings. The molecule has 0 aromatic carbocycles. The molecular formula is C66H121NO10. The zero-order valence-electron chi connectivity index (χ0n) is 49.7. The number of aliphatic hydroxyl groups is 5. The van der Waals surface area contributed by atoms with Crippen LogP contribution in [0.15, 0.2) is 48.6 Å². The van der Waals surface area contributed by atoms with Crippen LogP contribution in [0.3, 0.4) is 0 Å². The summed E-state index contributed by atoms with van der Waals surface area (Å²) < 4.78 is 16.7. The smallest absolute Gasteiger partial charge is 0.305 e. The molecule has 0 bridgehead atoms. The van der Waals surface area contributed by atoms with Crippen molar-refractivity contribution in [1.82, 2.24) is 5.32 Å². The molecule has 11 nitrogen and oxygen atoms in total. The molecule has 450 valence electrons. The summed E-state index contributed by atoms with van der Waals surface area (Å²) in [4.78, 5) is 25.0. The summed E-state index contributed by atoms with van der Waals surface area (Å²) in [7, 11) is 0. The number of hydrogen-bond donors (Lipinski definition) is 6. The number of ether oxygens (including phenoxy) is 3. The fourth-order valence-electron chi connectivity index (χ4n) is 10.1. The molecule has 1 heterocycles. The molecule has 1 fully saturated rings. The normalized spacial score (nSPS) is 18.9. The van der Waals surface area contributed by atoms with Gasteiger partial charge >= 0.3 is 5.97 Å². The highest BCUT2D eigenvalue weighted by Crippen LogP contribution is 2.23. The number of carbonyl (C=O) groups is 2. The highest BCUT2D eigenvalue weighted by molar-refractivity contribution is 5.76. The van der Waals surface area contributed by atoms with Gasteiger partial charge in [0.1, 0.15) is 24.4 Å². The van der Waals surface area contributed by atoms with Crippen LogP contribution >= 0.6 is 0 Å². The lowest BCUT2D eigenvalue weighted by Crippen LogP contribution is -2.60. The lowest BCUT2D eigenvalue weighted by Gasteiger charge is -2.40. The monoisotopic (exact) mass is 1090 g/mol. The Labute approximate surface area is 472 Å². The van der Waals surface area contributed by atoms with E-state index in [2.05, 4.69) is 55.6 Å². The quantitative estimate of drug-likeness (QED) is 0.0195. The third-order valence-electron chi connectivity index (χ3n) is 15.2. The van der Waals surface area contributed by atoms with Gasteiger partial charge in [-0.1, -0.05) is 255 Å². The standard InChI is InChI=1S/C66H121NO10/c1-3-5-7-9-11-13-33-38-42-46-50-54-62(71)75-55-51-47-43-39-35-32-30-28-26-24-22-20-18-16-15-17-19-21-23-25-27-29-31-34-37-41-45-49-53-61(70)67-58(57-76-66-65(74)64(73)63(72)60(56-68)77-66)59(69)52-48-44-40-36-14-12-10-8-6-4-2/h6,8,14-16,36,48,52,58-60,63-66,68-69,72-74H,3-5,7,9-13,17-35,37-47,49-51,53-57H2,1-2H3,(H,67,70)/b8-6+,16-15-,36-14+,52-48+. The second-order valence-corrected chi connectivity index (χ2v) is 22.4. The van der Waals surface area contributed by atoms with Gasteiger partial charge in [0, 0.05) is 12.8 Å². The van der Waals surface area contributed by atoms with E-state index in [9.17, 15) is 35.1 Å². The fourth-order valence-corrected chi connectivity index (χ4v) is 10.1. The molecule has 0 aromatic heterocycles. The average Bonchev–Trinajstić information content (AvgIpc) is 3.43. The Bertz CT molecular complexity index is 1420. The summed E-state index contributed by atoms with van der Waals surface area (Å²) in [5, 5.41) is 54.2. The predicted octanol–water partition coefficient (Wildman–Crippen LogP) is 15.6. The lowest BCUT2D eigenvalue weighted by molar-refractivity contribution is -0.302. The van der Waals surface area contributed by atoms with Gasteiger partial charge in [-0.15, -0.1) is 0 Å². The molecule has 7 unspecified atom stereocenters. The molecule has 1 aliphatic rings. The highest BCUT2D eigenvalue weighted by atomic mass is 16.7. The molecule has 0 aliphatic carbocycles. The number of aliphatic hydroxyl groups excluding tert-OH is 5. The zero-order chi connectivity index (χ0) is 55.9. The largest absolute Gasteiger partial charge is 0.466 e. The van der Waals surface area contributed by atoms with E-state index in [-0.39, 0.29) is 18.5 Å². The Morgan fingerprint density at radius 1 is 0.481 bits per heavy atom. The van der Waals surface area contributed by atoms with Crippen molar-refractivity contribution in [2.24, 2.45) is 0 Å². The third kappa shape index (κ3) is 45.0. The van der Waals surface area contributed by atoms with Gasteiger partial charge in [-0.2, -0.15) is 0 Å². The maximum Gasteiger partial charge on any atom is 0.305 e. The van der Waals surface area contributed by atoms with Crippen LogP contribution in [0.5, 0.6) is 0 Å². The van der Waals surface area contributed by atoms with Crippen LogP contribution in [-0.2, 0) is 23.8 Å². The van der Waals surface area contributed by atoms with Crippen LogP contribution in [-0.4, -0.2) is 100 Å². The molecule has 1 saturated heterocycles. The predicted molar refractivity (Wildman–Crippen MR) is 320 cm³/mol. The number of hydrogen-bond acceptors (Lipinski definition) is 10. The lowest BCUT2D eigenvalue weighted by atomic mass is 9.99. The molecule has 0 spiro atoms. The van der Waals surface area contributed by atoms with Gasteiger partial charge in [0.15, 0.2) is 6.29 Å². The van der Waals surface area contributed by atoms with Gasteiger partial charge in [-0.05, 0) is 77.0 Å². The number of nitrogens with one attached hydrogen (secondary N) is 1. The van der Waals surface area contributed by atoms with Crippen LogP contribution in [0.2, 0.25) is 0 Å². The molecule has 0 radical (unpaired) electrons. The second-order valence-electron chi connectivity index (χ2n) is 22.4. The zero-order valence-corrected chi connectivity index (χ0v) is 49.7. The van der Waals surface area contributed by atoms with Gasteiger partial charge in [0.25, 0.3) is 0 Å². The number of rotatable bonds is 56. The van der Waals surface area contributed by atoms with E-state index in [1.54, 1.807) is 6.08 Å². The van der Waals surface area contributed by atoms with Crippen molar-refractivity contribution >= 4 is 11.9 Å². The van der Waals surface area contributed by atoms with Crippen molar-refractivity contribution < 1.29 is 49.3 Å². The maximum atomic E-state index is 13.0. The number of carbonyl (C=O) groups excluding carboxylic acids is 2. The Kier molecular flexibility index (Phi) is 52.4. The highest BCUT2D eigenvalue weighted by Gasteiger charge is 2.44. The topological polar surface area (TPSA) is 175 Å². The van der Waals surface area contributed by atoms with Gasteiger partial charge < -0.3 is 45.1 Å². The molecule has 1 aliphatic heterocycles. The minimum absolute atomic E-state index is 0.00558. The molecular weight excluding hydrogens is 967 g/mol. The Morgan fingerprint density at radius 2 is 0.883 bits per heavy atom. The fraction of sp³-hybridized carbons (Fsp3) is 0.848. The summed E-state index contributed by atoms with van der Waals surface area (Å²) in [6.07, 6.45) is 61.1. The van der Waals surface area contributed by atoms with Crippen molar-refractivity contribution in [3.05, 3.63) is 48.6 Å². The summed E-state index contributed by atoms with van der Waals surface area (Å²) in [5.74, 6) is -0.193. The summed E-state index contributed by atoms with van der Waals surface area (Å²) in [6.45, 7) is 4.21. The number of allylic oxidation sites excluding steroid dienone is 7. The van der Waals surface area contributed by atoms with Crippen molar-refractivity contribution in [3.63, 3.8) is 0 Å². The Morgan fingerprint density at radius 3 is 1.35 bits per heavy atom. The average molecular weight is 1090 g/mol. The van der Waals surface area contributed by atoms with Gasteiger partial charge in [-0.3, -0.25) is 9.59 Å². The second kappa shape index (κ2) is 55.5. The number of amides is 1. The first-order chi connectivity index (χ1) is 37.7. The molecule has 77 heavy (non-hydrogen) atoms. The van der Waals surface area contributed by atoms with Crippen molar-refractivity contribution in [3.8, 4) is 0 Å². The van der Waals surface area contributed by atoms with Gasteiger partial charge in [0.05, 0.1) is 32.0 Å². The molecule has 11 heteroatoms. The van der Waals surface area contributed by atoms with E-state index in [1.807, 2.05) is 6.08 Å². The van der Waals surface area contributed by atoms with Crippen LogP contribution in [0, 0.1) is 0 Å². The maximum absolute atomic E-state index is 13.0. The van der Waals surface area contributed by atoms with E-state index in [0.717, 1.165) is 70.6 Å². The Balaban J connectivity index is 1.98. The first kappa shape index (κ1) is 72.6. The summed E-state index contributed by atoms with van der Waals surface area (Å²) >= 11 is 0. The van der Waals surface area contributed by atoms with Crippen LogP contribution in [0.1, 0.15) is 296 Å². The molecule has 6 N–H and O–H groups in total. The van der Waals surface area contributed by atoms with Crippen LogP contribution in [0.4, 0.5) is 0 Å². The number of unbranched alkanes of at least 4 members (excludes halogenated alkanes) is 36. The first-order valence-corrected chi connectivity index (χ1v) is 32.4. The van der Waals surface area contributed by atoms with Crippen LogP contribution < -0.4 is 5.32 Å². The minimum atomic E-state index is -1.58. The van der Waals surface area contributed by atoms with E-state index in [4.69, 9.17) is 14.2 Å². The molecule has 1 amide bonds. The van der Waals surface area contributed by atoms with Crippen molar-refractivity contribution in [2.45, 2.75) is 339 Å². The minimum Gasteiger partial charge on any atom is -0.466 e. The van der Waals surface area contributed by atoms with Crippen molar-refractivity contribution in [2.75, 3.05) is 19.8 Å². The van der Waals surface area contributed by atoms with Crippen molar-refractivity contribution in [1.29, 1.82) is 0 Å². The molecule has 0 saturated carbocycles. The van der Waals surface area contributed by atoms with Gasteiger partial charge in [0.2, 0.25) is 5.91 Å². The summed E-state index contributed by atoms with van der Waals surface area (Å²) in [6, 6.07) is -0.834. The van der Waals surface area contributed by atoms with E-state index < -0.39 is 49.5 Å². The first-order valence-electron chi connectivity index (χ1n) is 32.4. The molecule has 1 rings (SSSR count). The summed E-state index contributed by atoms with van der Waals surface area (Å²) in [5.41, 5.74) is 0. The van der Waals surface area contributed by atoms with E-state index in [1.165, 1.54) is 199 Å². The van der Waals surface area contributed by atoms with Crippen LogP contribution in [0.25, 0.3) is 0 Å². The SMILES string of the molecule is CC/C=C/CC/C=C/CC/C=C/C(O)C(COC1OC(CO)C(O)C(O)C1O)NC(=O)CCCCCCCCCCCCCC/C=C\CCCCCCCCCCCCCCOC(=O)CCCCCCCCCCCCC. The Hall–Kier alpha value is -2.38.